The van der Waals surface area contributed by atoms with Crippen LogP contribution >= 0.6 is 0 Å². The summed E-state index contributed by atoms with van der Waals surface area (Å²) in [5, 5.41) is 17.2. The third-order valence-electron chi connectivity index (χ3n) is 4.70. The van der Waals surface area contributed by atoms with Crippen LogP contribution in [0.5, 0.6) is 0 Å². The number of benzene rings is 1. The molecule has 0 radical (unpaired) electrons. The second-order valence-corrected chi connectivity index (χ2v) is 6.70. The summed E-state index contributed by atoms with van der Waals surface area (Å²) in [4.78, 5) is 14.3. The van der Waals surface area contributed by atoms with E-state index in [9.17, 15) is 9.90 Å². The van der Waals surface area contributed by atoms with Crippen LogP contribution in [0.3, 0.4) is 0 Å². The Kier molecular flexibility index (Phi) is 5.38. The van der Waals surface area contributed by atoms with E-state index < -0.39 is 0 Å². The Hall–Kier alpha value is -2.34. The average molecular weight is 342 g/mol. The molecule has 0 fully saturated rings. The van der Waals surface area contributed by atoms with Crippen molar-refractivity contribution in [1.29, 1.82) is 0 Å². The van der Waals surface area contributed by atoms with E-state index in [4.69, 9.17) is 0 Å². The molecule has 1 aliphatic heterocycles. The summed E-state index contributed by atoms with van der Waals surface area (Å²) in [6.07, 6.45) is 3.48. The molecule has 0 saturated carbocycles. The fourth-order valence-electron chi connectivity index (χ4n) is 3.29. The second-order valence-electron chi connectivity index (χ2n) is 6.70. The summed E-state index contributed by atoms with van der Waals surface area (Å²) < 4.78 is 1.92. The number of carbonyl (C=O) groups is 1. The number of nitrogens with one attached hydrogen (secondary N) is 1. The van der Waals surface area contributed by atoms with Crippen LogP contribution in [0, 0.1) is 0 Å². The minimum absolute atomic E-state index is 0.0662. The van der Waals surface area contributed by atoms with E-state index >= 15 is 0 Å². The summed E-state index contributed by atoms with van der Waals surface area (Å²) in [6.45, 7) is 5.26. The van der Waals surface area contributed by atoms with Gasteiger partial charge in [0.15, 0.2) is 0 Å². The molecule has 0 saturated heterocycles. The van der Waals surface area contributed by atoms with E-state index in [1.54, 1.807) is 4.90 Å². The molecule has 1 aromatic heterocycles. The van der Waals surface area contributed by atoms with Gasteiger partial charge in [-0.2, -0.15) is 5.10 Å². The van der Waals surface area contributed by atoms with E-state index in [-0.39, 0.29) is 18.7 Å². The summed E-state index contributed by atoms with van der Waals surface area (Å²) in [7, 11) is 0. The molecule has 134 valence electrons. The number of hydrogen-bond donors (Lipinski definition) is 2. The van der Waals surface area contributed by atoms with Crippen LogP contribution in [-0.2, 0) is 12.8 Å². The minimum atomic E-state index is -0.273. The maximum atomic E-state index is 12.6. The zero-order valence-corrected chi connectivity index (χ0v) is 14.9. The van der Waals surface area contributed by atoms with Gasteiger partial charge in [0.05, 0.1) is 18.3 Å². The number of fused-ring (bicyclic) bond motifs is 1. The van der Waals surface area contributed by atoms with Crippen molar-refractivity contribution in [2.45, 2.75) is 38.8 Å². The fourth-order valence-corrected chi connectivity index (χ4v) is 3.29. The fraction of sp³-hybridized carbons (Fsp3) is 0.474. The Morgan fingerprint density at radius 3 is 2.88 bits per heavy atom. The Morgan fingerprint density at radius 2 is 2.16 bits per heavy atom. The molecule has 2 heterocycles. The molecule has 1 unspecified atom stereocenters. The lowest BCUT2D eigenvalue weighted by atomic mass is 9.93. The van der Waals surface area contributed by atoms with E-state index in [1.807, 2.05) is 35.1 Å². The van der Waals surface area contributed by atoms with Crippen LogP contribution in [0.4, 0.5) is 4.79 Å². The summed E-state index contributed by atoms with van der Waals surface area (Å²) >= 11 is 0. The highest BCUT2D eigenvalue weighted by Crippen LogP contribution is 2.29. The topological polar surface area (TPSA) is 70.4 Å². The first kappa shape index (κ1) is 17.5. The van der Waals surface area contributed by atoms with Crippen LogP contribution in [0.15, 0.2) is 36.5 Å². The first-order valence-corrected chi connectivity index (χ1v) is 8.87. The summed E-state index contributed by atoms with van der Waals surface area (Å²) in [5.41, 5.74) is 3.23. The van der Waals surface area contributed by atoms with Gasteiger partial charge in [0, 0.05) is 31.7 Å². The van der Waals surface area contributed by atoms with Gasteiger partial charge in [-0.1, -0.05) is 24.3 Å². The van der Waals surface area contributed by atoms with Crippen molar-refractivity contribution in [2.24, 2.45) is 0 Å². The molecule has 0 aliphatic carbocycles. The molecule has 1 atom stereocenters. The lowest BCUT2D eigenvalue weighted by molar-refractivity contribution is 0.127. The van der Waals surface area contributed by atoms with Crippen molar-refractivity contribution >= 4 is 6.03 Å². The van der Waals surface area contributed by atoms with Gasteiger partial charge in [-0.3, -0.25) is 4.68 Å². The van der Waals surface area contributed by atoms with Crippen molar-refractivity contribution in [3.05, 3.63) is 53.3 Å². The molecule has 1 aliphatic rings. The lowest BCUT2D eigenvalue weighted by Gasteiger charge is -2.36. The van der Waals surface area contributed by atoms with Gasteiger partial charge in [-0.15, -0.1) is 0 Å². The number of carbonyl (C=O) groups excluding carboxylic acids is 1. The van der Waals surface area contributed by atoms with Crippen LogP contribution in [0.2, 0.25) is 0 Å². The minimum Gasteiger partial charge on any atom is -0.394 e. The quantitative estimate of drug-likeness (QED) is 0.876. The van der Waals surface area contributed by atoms with Crippen LogP contribution in [0.1, 0.15) is 42.8 Å². The number of amides is 2. The van der Waals surface area contributed by atoms with Crippen molar-refractivity contribution in [1.82, 2.24) is 20.0 Å². The summed E-state index contributed by atoms with van der Waals surface area (Å²) in [6, 6.07) is 9.93. The Morgan fingerprint density at radius 1 is 1.36 bits per heavy atom. The number of aliphatic hydroxyl groups excluding tert-OH is 1. The van der Waals surface area contributed by atoms with Gasteiger partial charge in [-0.05, 0) is 37.5 Å². The zero-order valence-electron chi connectivity index (χ0n) is 14.9. The predicted octanol–water partition coefficient (Wildman–Crippen LogP) is 2.31. The molecular formula is C19H26N4O2. The SMILES string of the molecule is CC(C)n1ccc(CCNC(=O)N2CCc3ccccc3C2CO)n1. The molecule has 2 N–H and O–H groups in total. The number of hydrogen-bond acceptors (Lipinski definition) is 3. The highest BCUT2D eigenvalue weighted by Gasteiger charge is 2.29. The van der Waals surface area contributed by atoms with E-state index in [1.165, 1.54) is 5.56 Å². The smallest absolute Gasteiger partial charge is 0.318 e. The molecule has 0 spiro atoms. The molecule has 25 heavy (non-hydrogen) atoms. The van der Waals surface area contributed by atoms with Gasteiger partial charge >= 0.3 is 6.03 Å². The number of nitrogens with zero attached hydrogens (tertiary/aromatic N) is 3. The predicted molar refractivity (Wildman–Crippen MR) is 96.4 cm³/mol. The molecule has 1 aromatic carbocycles. The Balaban J connectivity index is 1.57. The van der Waals surface area contributed by atoms with Gasteiger partial charge in [0.25, 0.3) is 0 Å². The van der Waals surface area contributed by atoms with Gasteiger partial charge < -0.3 is 15.3 Å². The maximum Gasteiger partial charge on any atom is 0.318 e. The Labute approximate surface area is 148 Å². The van der Waals surface area contributed by atoms with Crippen molar-refractivity contribution in [3.8, 4) is 0 Å². The largest absolute Gasteiger partial charge is 0.394 e. The first-order chi connectivity index (χ1) is 12.1. The average Bonchev–Trinajstić information content (AvgIpc) is 3.09. The molecule has 6 heteroatoms. The van der Waals surface area contributed by atoms with Crippen LogP contribution in [-0.4, -0.2) is 45.5 Å². The zero-order chi connectivity index (χ0) is 17.8. The molecular weight excluding hydrogens is 316 g/mol. The molecule has 3 rings (SSSR count). The highest BCUT2D eigenvalue weighted by molar-refractivity contribution is 5.75. The van der Waals surface area contributed by atoms with Gasteiger partial charge in [0.1, 0.15) is 0 Å². The standard InChI is InChI=1S/C19H26N4O2/c1-14(2)23-12-9-16(21-23)7-10-20-19(25)22-11-8-15-5-3-4-6-17(15)18(22)13-24/h3-6,9,12,14,18,24H,7-8,10-11,13H2,1-2H3,(H,20,25). The second kappa shape index (κ2) is 7.70. The Bertz CT molecular complexity index is 726. The first-order valence-electron chi connectivity index (χ1n) is 8.87. The lowest BCUT2D eigenvalue weighted by Crippen LogP contribution is -2.47. The van der Waals surface area contributed by atoms with E-state index in [2.05, 4.69) is 30.3 Å². The normalized spacial score (nSPS) is 16.8. The number of rotatable bonds is 5. The monoisotopic (exact) mass is 342 g/mol. The van der Waals surface area contributed by atoms with Crippen molar-refractivity contribution in [2.75, 3.05) is 19.7 Å². The maximum absolute atomic E-state index is 12.6. The number of aromatic nitrogens is 2. The number of urea groups is 1. The third kappa shape index (κ3) is 3.85. The van der Waals surface area contributed by atoms with E-state index in [0.717, 1.165) is 17.7 Å². The third-order valence-corrected chi connectivity index (χ3v) is 4.70. The molecule has 2 aromatic rings. The van der Waals surface area contributed by atoms with Gasteiger partial charge in [-0.25, -0.2) is 4.79 Å². The molecule has 2 amide bonds. The highest BCUT2D eigenvalue weighted by atomic mass is 16.3. The van der Waals surface area contributed by atoms with Crippen LogP contribution in [0.25, 0.3) is 0 Å². The molecule has 6 nitrogen and oxygen atoms in total. The van der Waals surface area contributed by atoms with Crippen LogP contribution < -0.4 is 5.32 Å². The number of aliphatic hydroxyl groups is 1. The van der Waals surface area contributed by atoms with Gasteiger partial charge in [0.2, 0.25) is 0 Å². The van der Waals surface area contributed by atoms with E-state index in [0.29, 0.717) is 25.6 Å². The molecule has 0 bridgehead atoms. The van der Waals surface area contributed by atoms with Crippen molar-refractivity contribution < 1.29 is 9.90 Å². The van der Waals surface area contributed by atoms with Crippen molar-refractivity contribution in [3.63, 3.8) is 0 Å². The summed E-state index contributed by atoms with van der Waals surface area (Å²) in [5.74, 6) is 0.